The van der Waals surface area contributed by atoms with E-state index >= 15 is 0 Å². The number of carboxylic acid groups (broad SMARTS) is 1. The van der Waals surface area contributed by atoms with Gasteiger partial charge in [-0.05, 0) is 5.92 Å². The quantitative estimate of drug-likeness (QED) is 0.779. The first-order chi connectivity index (χ1) is 9.65. The Morgan fingerprint density at radius 2 is 2.05 bits per heavy atom. The molecule has 0 aliphatic rings. The van der Waals surface area contributed by atoms with Crippen molar-refractivity contribution in [3.8, 4) is 0 Å². The molecule has 6 nitrogen and oxygen atoms in total. The van der Waals surface area contributed by atoms with Crippen LogP contribution in [0.4, 0.5) is 9.93 Å². The summed E-state index contributed by atoms with van der Waals surface area (Å²) in [6.07, 6.45) is 0.669. The Labute approximate surface area is 129 Å². The van der Waals surface area contributed by atoms with E-state index in [1.165, 1.54) is 11.3 Å². The zero-order valence-electron chi connectivity index (χ0n) is 13.1. The van der Waals surface area contributed by atoms with E-state index in [4.69, 9.17) is 5.11 Å². The Morgan fingerprint density at radius 3 is 2.48 bits per heavy atom. The van der Waals surface area contributed by atoms with Gasteiger partial charge in [0.25, 0.3) is 0 Å². The first-order valence-electron chi connectivity index (χ1n) is 6.91. The molecule has 7 heteroatoms. The molecule has 0 bridgehead atoms. The molecule has 1 rings (SSSR count). The first-order valence-corrected chi connectivity index (χ1v) is 7.79. The van der Waals surface area contributed by atoms with Crippen LogP contribution in [0.5, 0.6) is 0 Å². The van der Waals surface area contributed by atoms with Gasteiger partial charge in [-0.1, -0.05) is 41.0 Å². The standard InChI is InChI=1S/C14H23N3O3S/c1-6-8(2)10(11(18)19)16-12(20)17-13-15-9(7-21-13)14(3,4)5/h7-8,10H,6H2,1-5H3,(H,18,19)(H2,15,16,17,20)/t8-,10-/m0/s1. The van der Waals surface area contributed by atoms with Crippen LogP contribution >= 0.6 is 11.3 Å². The number of aromatic nitrogens is 1. The van der Waals surface area contributed by atoms with Crippen molar-refractivity contribution >= 4 is 28.5 Å². The molecule has 1 aromatic heterocycles. The predicted octanol–water partition coefficient (Wildman–Crippen LogP) is 3.06. The van der Waals surface area contributed by atoms with Crippen LogP contribution in [0.25, 0.3) is 0 Å². The molecular weight excluding hydrogens is 290 g/mol. The number of carbonyl (C=O) groups is 2. The van der Waals surface area contributed by atoms with Gasteiger partial charge in [0.05, 0.1) is 5.69 Å². The van der Waals surface area contributed by atoms with Crippen LogP contribution in [-0.4, -0.2) is 28.1 Å². The molecule has 0 radical (unpaired) electrons. The minimum Gasteiger partial charge on any atom is -0.480 e. The van der Waals surface area contributed by atoms with Gasteiger partial charge in [-0.3, -0.25) is 5.32 Å². The summed E-state index contributed by atoms with van der Waals surface area (Å²) in [6, 6.07) is -1.45. The van der Waals surface area contributed by atoms with Crippen molar-refractivity contribution < 1.29 is 14.7 Å². The lowest BCUT2D eigenvalue weighted by Crippen LogP contribution is -2.46. The second kappa shape index (κ2) is 6.89. The average Bonchev–Trinajstić information content (AvgIpc) is 2.83. The van der Waals surface area contributed by atoms with E-state index in [0.29, 0.717) is 11.6 Å². The third-order valence-electron chi connectivity index (χ3n) is 3.26. The highest BCUT2D eigenvalue weighted by molar-refractivity contribution is 7.13. The van der Waals surface area contributed by atoms with E-state index in [0.717, 1.165) is 5.69 Å². The fraction of sp³-hybridized carbons (Fsp3) is 0.643. The van der Waals surface area contributed by atoms with Crippen LogP contribution in [0.1, 0.15) is 46.7 Å². The largest absolute Gasteiger partial charge is 0.480 e. The summed E-state index contributed by atoms with van der Waals surface area (Å²) in [7, 11) is 0. The van der Waals surface area contributed by atoms with Crippen molar-refractivity contribution in [2.45, 2.75) is 52.5 Å². The third kappa shape index (κ3) is 5.00. The highest BCUT2D eigenvalue weighted by atomic mass is 32.1. The topological polar surface area (TPSA) is 91.3 Å². The van der Waals surface area contributed by atoms with Gasteiger partial charge in [0.1, 0.15) is 6.04 Å². The summed E-state index contributed by atoms with van der Waals surface area (Å²) in [4.78, 5) is 27.4. The summed E-state index contributed by atoms with van der Waals surface area (Å²) < 4.78 is 0. The van der Waals surface area contributed by atoms with E-state index in [1.54, 1.807) is 6.92 Å². The normalized spacial score (nSPS) is 14.3. The summed E-state index contributed by atoms with van der Waals surface area (Å²) in [6.45, 7) is 9.79. The Morgan fingerprint density at radius 1 is 1.43 bits per heavy atom. The van der Waals surface area contributed by atoms with E-state index in [1.807, 2.05) is 33.1 Å². The van der Waals surface area contributed by atoms with Crippen LogP contribution in [0.3, 0.4) is 0 Å². The fourth-order valence-corrected chi connectivity index (χ4v) is 2.57. The number of carbonyl (C=O) groups excluding carboxylic acids is 1. The van der Waals surface area contributed by atoms with Gasteiger partial charge in [-0.15, -0.1) is 11.3 Å². The van der Waals surface area contributed by atoms with Crippen molar-refractivity contribution in [1.29, 1.82) is 0 Å². The lowest BCUT2D eigenvalue weighted by Gasteiger charge is -2.20. The lowest BCUT2D eigenvalue weighted by molar-refractivity contribution is -0.140. The lowest BCUT2D eigenvalue weighted by atomic mass is 9.93. The number of amides is 2. The number of carboxylic acids is 1. The molecule has 0 spiro atoms. The summed E-state index contributed by atoms with van der Waals surface area (Å²) in [5.74, 6) is -1.18. The molecule has 0 aromatic carbocycles. The van der Waals surface area contributed by atoms with Gasteiger partial charge in [-0.2, -0.15) is 0 Å². The van der Waals surface area contributed by atoms with Crippen LogP contribution in [0, 0.1) is 5.92 Å². The minimum atomic E-state index is -1.03. The van der Waals surface area contributed by atoms with Gasteiger partial charge in [0.15, 0.2) is 5.13 Å². The van der Waals surface area contributed by atoms with Gasteiger partial charge in [0, 0.05) is 10.8 Å². The maximum atomic E-state index is 11.9. The number of rotatable bonds is 5. The van der Waals surface area contributed by atoms with Crippen molar-refractivity contribution in [3.63, 3.8) is 0 Å². The zero-order valence-corrected chi connectivity index (χ0v) is 13.9. The highest BCUT2D eigenvalue weighted by Gasteiger charge is 2.26. The molecule has 118 valence electrons. The molecule has 2 atom stereocenters. The average molecular weight is 313 g/mol. The SMILES string of the molecule is CC[C@H](C)[C@H](NC(=O)Nc1nc(C(C)(C)C)cs1)C(=O)O. The smallest absolute Gasteiger partial charge is 0.326 e. The number of aliphatic carboxylic acids is 1. The molecule has 2 amide bonds. The molecule has 0 fully saturated rings. The van der Waals surface area contributed by atoms with E-state index in [2.05, 4.69) is 15.6 Å². The molecule has 0 saturated carbocycles. The monoisotopic (exact) mass is 313 g/mol. The molecule has 3 N–H and O–H groups in total. The summed E-state index contributed by atoms with van der Waals surface area (Å²) in [5, 5.41) is 16.6. The Hall–Kier alpha value is -1.63. The van der Waals surface area contributed by atoms with Crippen LogP contribution in [0.2, 0.25) is 0 Å². The van der Waals surface area contributed by atoms with E-state index < -0.39 is 18.0 Å². The molecule has 0 saturated heterocycles. The molecular formula is C14H23N3O3S. The van der Waals surface area contributed by atoms with Crippen molar-refractivity contribution in [1.82, 2.24) is 10.3 Å². The maximum absolute atomic E-state index is 11.9. The van der Waals surface area contributed by atoms with E-state index in [-0.39, 0.29) is 11.3 Å². The third-order valence-corrected chi connectivity index (χ3v) is 4.02. The number of nitrogens with one attached hydrogen (secondary N) is 2. The van der Waals surface area contributed by atoms with Crippen molar-refractivity contribution in [3.05, 3.63) is 11.1 Å². The zero-order chi connectivity index (χ0) is 16.2. The second-order valence-electron chi connectivity index (χ2n) is 6.09. The van der Waals surface area contributed by atoms with Gasteiger partial charge in [0.2, 0.25) is 0 Å². The number of nitrogens with zero attached hydrogens (tertiary/aromatic N) is 1. The Balaban J connectivity index is 2.68. The summed E-state index contributed by atoms with van der Waals surface area (Å²) in [5.41, 5.74) is 0.798. The number of anilines is 1. The molecule has 0 aliphatic heterocycles. The van der Waals surface area contributed by atoms with Crippen LogP contribution < -0.4 is 10.6 Å². The Kier molecular flexibility index (Phi) is 5.71. The van der Waals surface area contributed by atoms with E-state index in [9.17, 15) is 9.59 Å². The fourth-order valence-electron chi connectivity index (χ4n) is 1.63. The number of urea groups is 1. The number of thiazole rings is 1. The predicted molar refractivity (Wildman–Crippen MR) is 83.8 cm³/mol. The Bertz CT molecular complexity index is 508. The van der Waals surface area contributed by atoms with Gasteiger partial charge < -0.3 is 10.4 Å². The maximum Gasteiger partial charge on any atom is 0.326 e. The number of hydrogen-bond donors (Lipinski definition) is 3. The van der Waals surface area contributed by atoms with Crippen molar-refractivity contribution in [2.24, 2.45) is 5.92 Å². The molecule has 1 aromatic rings. The first kappa shape index (κ1) is 17.4. The van der Waals surface area contributed by atoms with Gasteiger partial charge >= 0.3 is 12.0 Å². The molecule has 1 heterocycles. The summed E-state index contributed by atoms with van der Waals surface area (Å²) >= 11 is 1.32. The second-order valence-corrected chi connectivity index (χ2v) is 6.95. The molecule has 0 aliphatic carbocycles. The number of hydrogen-bond acceptors (Lipinski definition) is 4. The van der Waals surface area contributed by atoms with Crippen LogP contribution in [-0.2, 0) is 10.2 Å². The molecule has 0 unspecified atom stereocenters. The van der Waals surface area contributed by atoms with Gasteiger partial charge in [-0.25, -0.2) is 14.6 Å². The van der Waals surface area contributed by atoms with Crippen molar-refractivity contribution in [2.75, 3.05) is 5.32 Å². The minimum absolute atomic E-state index is 0.0900. The molecule has 21 heavy (non-hydrogen) atoms. The van der Waals surface area contributed by atoms with Crippen LogP contribution in [0.15, 0.2) is 5.38 Å². The highest BCUT2D eigenvalue weighted by Crippen LogP contribution is 2.26.